The molecule has 32 heavy (non-hydrogen) atoms. The molecule has 0 aromatic heterocycles. The highest BCUT2D eigenvalue weighted by Crippen LogP contribution is 2.24. The molecule has 2 aromatic carbocycles. The summed E-state index contributed by atoms with van der Waals surface area (Å²) in [4.78, 5) is 17.8. The van der Waals surface area contributed by atoms with Crippen molar-refractivity contribution in [3.63, 3.8) is 0 Å². The summed E-state index contributed by atoms with van der Waals surface area (Å²) in [5.74, 6) is -6.25. The average molecular weight is 569 g/mol. The van der Waals surface area contributed by atoms with Crippen molar-refractivity contribution in [3.8, 4) is 0 Å². The molecule has 1 heterocycles. The molecule has 1 aliphatic rings. The molecule has 0 saturated carbocycles. The largest absolute Gasteiger partial charge is 0.367 e. The van der Waals surface area contributed by atoms with Crippen molar-refractivity contribution >= 4 is 47.2 Å². The van der Waals surface area contributed by atoms with Crippen molar-refractivity contribution in [1.82, 2.24) is 10.6 Å². The highest BCUT2D eigenvalue weighted by molar-refractivity contribution is 14.0. The SMILES string of the molecule is CN=C(NCC(=O)Nc1ccc(F)c(F)c1F)NC1CCN(c2ccc(F)cc2F)C1.I. The zero-order valence-corrected chi connectivity index (χ0v) is 19.2. The lowest BCUT2D eigenvalue weighted by Crippen LogP contribution is -2.46. The Kier molecular flexibility index (Phi) is 9.04. The van der Waals surface area contributed by atoms with Crippen molar-refractivity contribution in [2.75, 3.05) is 36.9 Å². The summed E-state index contributed by atoms with van der Waals surface area (Å²) in [7, 11) is 1.48. The third-order valence-electron chi connectivity index (χ3n) is 4.73. The first-order valence-electron chi connectivity index (χ1n) is 9.39. The van der Waals surface area contributed by atoms with Crippen LogP contribution in [0.4, 0.5) is 33.3 Å². The summed E-state index contributed by atoms with van der Waals surface area (Å²) in [5.41, 5.74) is -0.192. The molecule has 3 rings (SSSR count). The molecule has 1 unspecified atom stereocenters. The normalized spacial score (nSPS) is 15.9. The van der Waals surface area contributed by atoms with Gasteiger partial charge in [-0.15, -0.1) is 24.0 Å². The number of nitrogens with zero attached hydrogens (tertiary/aromatic N) is 2. The average Bonchev–Trinajstić information content (AvgIpc) is 3.19. The first kappa shape index (κ1) is 25.6. The number of carbonyl (C=O) groups is 1. The number of hydrogen-bond acceptors (Lipinski definition) is 3. The quantitative estimate of drug-likeness (QED) is 0.170. The van der Waals surface area contributed by atoms with Crippen LogP contribution >= 0.6 is 24.0 Å². The standard InChI is InChI=1S/C20H20F5N5O.HI/c1-26-20(27-9-17(31)29-15-4-3-13(22)18(24)19(15)25)28-12-6-7-30(10-12)16-5-2-11(21)8-14(16)23;/h2-5,8,12H,6-7,9-10H2,1H3,(H,29,31)(H2,26,27,28);1H. The van der Waals surface area contributed by atoms with Gasteiger partial charge in [0.2, 0.25) is 5.91 Å². The van der Waals surface area contributed by atoms with E-state index in [1.54, 1.807) is 4.90 Å². The Bertz CT molecular complexity index is 1010. The number of aliphatic imine (C=N–C) groups is 1. The summed E-state index contributed by atoms with van der Waals surface area (Å²) in [5, 5.41) is 7.95. The van der Waals surface area contributed by atoms with Crippen LogP contribution in [0.25, 0.3) is 0 Å². The number of benzene rings is 2. The number of amides is 1. The van der Waals surface area contributed by atoms with E-state index in [1.807, 2.05) is 0 Å². The van der Waals surface area contributed by atoms with Gasteiger partial charge >= 0.3 is 0 Å². The van der Waals surface area contributed by atoms with Gasteiger partial charge in [0.05, 0.1) is 17.9 Å². The molecule has 0 aliphatic carbocycles. The van der Waals surface area contributed by atoms with Gasteiger partial charge in [0, 0.05) is 32.2 Å². The first-order valence-corrected chi connectivity index (χ1v) is 9.39. The maximum absolute atomic E-state index is 14.0. The Labute approximate surface area is 198 Å². The van der Waals surface area contributed by atoms with Gasteiger partial charge in [0.15, 0.2) is 23.4 Å². The molecule has 1 saturated heterocycles. The van der Waals surface area contributed by atoms with Crippen LogP contribution < -0.4 is 20.9 Å². The van der Waals surface area contributed by atoms with Gasteiger partial charge in [0.25, 0.3) is 0 Å². The molecule has 1 aliphatic heterocycles. The van der Waals surface area contributed by atoms with E-state index in [9.17, 15) is 26.7 Å². The first-order chi connectivity index (χ1) is 14.8. The molecule has 0 spiro atoms. The van der Waals surface area contributed by atoms with E-state index in [0.717, 1.165) is 12.1 Å². The highest BCUT2D eigenvalue weighted by Gasteiger charge is 2.25. The summed E-state index contributed by atoms with van der Waals surface area (Å²) >= 11 is 0. The van der Waals surface area contributed by atoms with Crippen LogP contribution in [0.3, 0.4) is 0 Å². The fourth-order valence-corrected chi connectivity index (χ4v) is 3.20. The second-order valence-corrected chi connectivity index (χ2v) is 6.87. The van der Waals surface area contributed by atoms with Crippen molar-refractivity contribution in [3.05, 3.63) is 59.4 Å². The van der Waals surface area contributed by atoms with Crippen LogP contribution in [0.2, 0.25) is 0 Å². The van der Waals surface area contributed by atoms with Gasteiger partial charge in [-0.1, -0.05) is 0 Å². The zero-order valence-electron chi connectivity index (χ0n) is 16.9. The molecule has 12 heteroatoms. The lowest BCUT2D eigenvalue weighted by atomic mass is 10.2. The van der Waals surface area contributed by atoms with Gasteiger partial charge < -0.3 is 20.9 Å². The number of anilines is 2. The molecule has 1 amide bonds. The second-order valence-electron chi connectivity index (χ2n) is 6.87. The number of rotatable bonds is 5. The third-order valence-corrected chi connectivity index (χ3v) is 4.73. The van der Waals surface area contributed by atoms with Crippen LogP contribution in [-0.2, 0) is 4.79 Å². The predicted molar refractivity (Wildman–Crippen MR) is 122 cm³/mol. The molecule has 6 nitrogen and oxygen atoms in total. The highest BCUT2D eigenvalue weighted by atomic mass is 127. The molecule has 1 fully saturated rings. The van der Waals surface area contributed by atoms with Crippen LogP contribution in [0.1, 0.15) is 6.42 Å². The summed E-state index contributed by atoms with van der Waals surface area (Å²) in [6, 6.07) is 4.89. The Morgan fingerprint density at radius 2 is 1.84 bits per heavy atom. The minimum Gasteiger partial charge on any atom is -0.367 e. The van der Waals surface area contributed by atoms with E-state index >= 15 is 0 Å². The van der Waals surface area contributed by atoms with Crippen molar-refractivity contribution in [1.29, 1.82) is 0 Å². The number of guanidine groups is 1. The van der Waals surface area contributed by atoms with E-state index in [-0.39, 0.29) is 42.5 Å². The number of carbonyl (C=O) groups excluding carboxylic acids is 1. The maximum atomic E-state index is 14.0. The minimum absolute atomic E-state index is 0. The fourth-order valence-electron chi connectivity index (χ4n) is 3.20. The number of hydrogen-bond donors (Lipinski definition) is 3. The smallest absolute Gasteiger partial charge is 0.243 e. The Morgan fingerprint density at radius 3 is 2.53 bits per heavy atom. The molecule has 3 N–H and O–H groups in total. The van der Waals surface area contributed by atoms with E-state index in [2.05, 4.69) is 20.9 Å². The van der Waals surface area contributed by atoms with E-state index in [1.165, 1.54) is 19.2 Å². The molecule has 0 radical (unpaired) electrons. The van der Waals surface area contributed by atoms with E-state index in [4.69, 9.17) is 0 Å². The van der Waals surface area contributed by atoms with E-state index < -0.39 is 40.7 Å². The zero-order chi connectivity index (χ0) is 22.5. The van der Waals surface area contributed by atoms with E-state index in [0.29, 0.717) is 31.3 Å². The van der Waals surface area contributed by atoms with Crippen LogP contribution in [0, 0.1) is 29.1 Å². The van der Waals surface area contributed by atoms with Crippen LogP contribution in [-0.4, -0.2) is 44.6 Å². The van der Waals surface area contributed by atoms with Gasteiger partial charge in [-0.25, -0.2) is 22.0 Å². The van der Waals surface area contributed by atoms with Gasteiger partial charge in [-0.3, -0.25) is 9.79 Å². The molecular formula is C20H21F5IN5O. The Hall–Kier alpha value is -2.64. The van der Waals surface area contributed by atoms with Crippen LogP contribution in [0.15, 0.2) is 35.3 Å². The summed E-state index contributed by atoms with van der Waals surface area (Å²) in [6.45, 7) is 0.643. The van der Waals surface area contributed by atoms with Crippen molar-refractivity contribution in [2.24, 2.45) is 4.99 Å². The monoisotopic (exact) mass is 569 g/mol. The number of nitrogens with one attached hydrogen (secondary N) is 3. The van der Waals surface area contributed by atoms with Gasteiger partial charge in [-0.2, -0.15) is 0 Å². The van der Waals surface area contributed by atoms with Crippen molar-refractivity contribution < 1.29 is 26.7 Å². The maximum Gasteiger partial charge on any atom is 0.243 e. The topological polar surface area (TPSA) is 68.8 Å². The molecular weight excluding hydrogens is 548 g/mol. The van der Waals surface area contributed by atoms with Crippen molar-refractivity contribution in [2.45, 2.75) is 12.5 Å². The summed E-state index contributed by atoms with van der Waals surface area (Å²) in [6.07, 6.45) is 0.643. The molecule has 174 valence electrons. The van der Waals surface area contributed by atoms with Gasteiger partial charge in [0.1, 0.15) is 11.6 Å². The summed E-state index contributed by atoms with van der Waals surface area (Å²) < 4.78 is 66.9. The lowest BCUT2D eigenvalue weighted by Gasteiger charge is -2.21. The van der Waals surface area contributed by atoms with Gasteiger partial charge in [-0.05, 0) is 30.7 Å². The third kappa shape index (κ3) is 6.20. The fraction of sp³-hybridized carbons (Fsp3) is 0.300. The molecule has 0 bridgehead atoms. The Balaban J connectivity index is 0.00000363. The lowest BCUT2D eigenvalue weighted by molar-refractivity contribution is -0.115. The Morgan fingerprint density at radius 1 is 1.09 bits per heavy atom. The molecule has 1 atom stereocenters. The molecule has 2 aromatic rings. The number of halogens is 6. The second kappa shape index (κ2) is 11.3. The predicted octanol–water partition coefficient (Wildman–Crippen LogP) is 3.38. The minimum atomic E-state index is -1.67. The van der Waals surface area contributed by atoms with Crippen LogP contribution in [0.5, 0.6) is 0 Å².